The Morgan fingerprint density at radius 3 is 2.54 bits per heavy atom. The van der Waals surface area contributed by atoms with Gasteiger partial charge in [-0.15, -0.1) is 6.58 Å². The number of thiocarbonyl (C=S) groups is 1. The highest BCUT2D eigenvalue weighted by atomic mass is 32.2. The van der Waals surface area contributed by atoms with Crippen molar-refractivity contribution < 1.29 is 13.2 Å². The summed E-state index contributed by atoms with van der Waals surface area (Å²) < 4.78 is 30.5. The summed E-state index contributed by atoms with van der Waals surface area (Å²) in [6.07, 6.45) is 8.04. The van der Waals surface area contributed by atoms with Crippen LogP contribution in [0.5, 0.6) is 0 Å². The molecule has 2 fully saturated rings. The number of rotatable bonds is 7. The Hall–Kier alpha value is -3.05. The molecule has 2 aromatic carbocycles. The number of benzene rings is 2. The molecule has 190 valence electrons. The van der Waals surface area contributed by atoms with Crippen molar-refractivity contribution in [2.24, 2.45) is 0 Å². The van der Waals surface area contributed by atoms with Gasteiger partial charge in [-0.25, -0.2) is 13.1 Å². The van der Waals surface area contributed by atoms with E-state index in [0.29, 0.717) is 45.7 Å². The van der Waals surface area contributed by atoms with Gasteiger partial charge in [0.25, 0.3) is 5.91 Å². The number of nitrogens with zero attached hydrogens (tertiary/aromatic N) is 4. The van der Waals surface area contributed by atoms with Crippen molar-refractivity contribution in [3.05, 3.63) is 83.9 Å². The standard InChI is InChI=1S/C27H26N4O3S3/c1-2-14-30-26(32)24(36-27(30)35)18-21-19-31(22-11-5-3-6-12-22)28-25(21)20-10-9-13-23(17-20)37(33,34)29-15-7-4-8-16-29/h2-3,5-6,9-13,17-19H,1,4,7-8,14-16H2/b24-18-. The Morgan fingerprint density at radius 2 is 1.81 bits per heavy atom. The second-order valence-electron chi connectivity index (χ2n) is 8.79. The van der Waals surface area contributed by atoms with Crippen LogP contribution < -0.4 is 0 Å². The first kappa shape index (κ1) is 25.6. The van der Waals surface area contributed by atoms with Crippen LogP contribution in [-0.4, -0.2) is 57.3 Å². The molecule has 2 saturated heterocycles. The average Bonchev–Trinajstić information content (AvgIpc) is 3.46. The Kier molecular flexibility index (Phi) is 7.43. The molecule has 3 heterocycles. The number of carbonyl (C=O) groups excluding carboxylic acids is 1. The highest BCUT2D eigenvalue weighted by Gasteiger charge is 2.32. The lowest BCUT2D eigenvalue weighted by molar-refractivity contribution is -0.121. The quantitative estimate of drug-likeness (QED) is 0.231. The fourth-order valence-electron chi connectivity index (χ4n) is 4.42. The second-order valence-corrected chi connectivity index (χ2v) is 12.4. The van der Waals surface area contributed by atoms with Gasteiger partial charge in [0.05, 0.1) is 15.5 Å². The van der Waals surface area contributed by atoms with Gasteiger partial charge in [0.1, 0.15) is 10.0 Å². The molecule has 0 saturated carbocycles. The molecule has 0 N–H and O–H groups in total. The molecule has 7 nitrogen and oxygen atoms in total. The van der Waals surface area contributed by atoms with Gasteiger partial charge in [-0.2, -0.15) is 9.40 Å². The van der Waals surface area contributed by atoms with Crippen molar-refractivity contribution in [1.29, 1.82) is 0 Å². The van der Waals surface area contributed by atoms with E-state index in [4.69, 9.17) is 17.3 Å². The molecule has 1 aromatic heterocycles. The zero-order valence-corrected chi connectivity index (χ0v) is 22.6. The zero-order valence-electron chi connectivity index (χ0n) is 20.1. The molecule has 0 aliphatic carbocycles. The van der Waals surface area contributed by atoms with Crippen LogP contribution in [0.3, 0.4) is 0 Å². The summed E-state index contributed by atoms with van der Waals surface area (Å²) in [5.74, 6) is -0.185. The third-order valence-corrected chi connectivity index (χ3v) is 9.57. The highest BCUT2D eigenvalue weighted by molar-refractivity contribution is 8.26. The Bertz CT molecular complexity index is 1490. The maximum Gasteiger partial charge on any atom is 0.266 e. The summed E-state index contributed by atoms with van der Waals surface area (Å²) in [4.78, 5) is 15.2. The summed E-state index contributed by atoms with van der Waals surface area (Å²) in [7, 11) is -3.61. The van der Waals surface area contributed by atoms with Crippen molar-refractivity contribution in [3.8, 4) is 16.9 Å². The molecule has 10 heteroatoms. The monoisotopic (exact) mass is 550 g/mol. The van der Waals surface area contributed by atoms with E-state index in [1.54, 1.807) is 39.3 Å². The second kappa shape index (κ2) is 10.7. The van der Waals surface area contributed by atoms with E-state index in [2.05, 4.69) is 6.58 Å². The van der Waals surface area contributed by atoms with Crippen LogP contribution in [0.4, 0.5) is 0 Å². The molecule has 0 unspecified atom stereocenters. The number of thioether (sulfide) groups is 1. The lowest BCUT2D eigenvalue weighted by Crippen LogP contribution is -2.35. The number of sulfonamides is 1. The smallest absolute Gasteiger partial charge is 0.266 e. The molecule has 0 atom stereocenters. The summed E-state index contributed by atoms with van der Waals surface area (Å²) >= 11 is 6.62. The third kappa shape index (κ3) is 5.19. The highest BCUT2D eigenvalue weighted by Crippen LogP contribution is 2.35. The van der Waals surface area contributed by atoms with Gasteiger partial charge in [0, 0.05) is 37.0 Å². The number of hydrogen-bond donors (Lipinski definition) is 0. The molecule has 0 radical (unpaired) electrons. The minimum absolute atomic E-state index is 0.185. The maximum atomic E-state index is 13.4. The molecule has 2 aliphatic heterocycles. The third-order valence-electron chi connectivity index (χ3n) is 6.30. The van der Waals surface area contributed by atoms with Crippen LogP contribution in [0, 0.1) is 0 Å². The summed E-state index contributed by atoms with van der Waals surface area (Å²) in [5.41, 5.74) is 2.77. The molecule has 5 rings (SSSR count). The number of piperidine rings is 1. The van der Waals surface area contributed by atoms with E-state index in [1.807, 2.05) is 42.6 Å². The molecule has 3 aromatic rings. The Labute approximate surface area is 226 Å². The van der Waals surface area contributed by atoms with E-state index >= 15 is 0 Å². The molecule has 0 spiro atoms. The minimum Gasteiger partial charge on any atom is -0.289 e. The number of hydrogen-bond acceptors (Lipinski definition) is 6. The van der Waals surface area contributed by atoms with E-state index < -0.39 is 10.0 Å². The first-order valence-electron chi connectivity index (χ1n) is 12.0. The number of aromatic nitrogens is 2. The van der Waals surface area contributed by atoms with Crippen molar-refractivity contribution in [3.63, 3.8) is 0 Å². The molecule has 1 amide bonds. The first-order chi connectivity index (χ1) is 17.9. The van der Waals surface area contributed by atoms with E-state index in [0.717, 1.165) is 24.9 Å². The van der Waals surface area contributed by atoms with Gasteiger partial charge in [-0.3, -0.25) is 9.69 Å². The fourth-order valence-corrected chi connectivity index (χ4v) is 7.25. The van der Waals surface area contributed by atoms with Crippen molar-refractivity contribution >= 4 is 50.3 Å². The van der Waals surface area contributed by atoms with Crippen molar-refractivity contribution in [2.45, 2.75) is 24.2 Å². The summed E-state index contributed by atoms with van der Waals surface area (Å²) in [5, 5.41) is 4.81. The molecule has 37 heavy (non-hydrogen) atoms. The van der Waals surface area contributed by atoms with Crippen molar-refractivity contribution in [1.82, 2.24) is 19.0 Å². The molecular weight excluding hydrogens is 525 g/mol. The van der Waals surface area contributed by atoms with Crippen LogP contribution in [0.15, 0.2) is 83.2 Å². The summed E-state index contributed by atoms with van der Waals surface area (Å²) in [6.45, 7) is 5.12. The van der Waals surface area contributed by atoms with Gasteiger partial charge in [0.15, 0.2) is 0 Å². The predicted molar refractivity (Wildman–Crippen MR) is 152 cm³/mol. The van der Waals surface area contributed by atoms with Gasteiger partial charge >= 0.3 is 0 Å². The minimum atomic E-state index is -3.61. The van der Waals surface area contributed by atoms with Crippen LogP contribution in [0.25, 0.3) is 23.0 Å². The molecular formula is C27H26N4O3S3. The van der Waals surface area contributed by atoms with Crippen LogP contribution in [0.1, 0.15) is 24.8 Å². The topological polar surface area (TPSA) is 75.5 Å². The lowest BCUT2D eigenvalue weighted by atomic mass is 10.1. The van der Waals surface area contributed by atoms with Crippen LogP contribution >= 0.6 is 24.0 Å². The van der Waals surface area contributed by atoms with Gasteiger partial charge in [0.2, 0.25) is 10.0 Å². The first-order valence-corrected chi connectivity index (χ1v) is 14.7. The van der Waals surface area contributed by atoms with E-state index in [9.17, 15) is 13.2 Å². The lowest BCUT2D eigenvalue weighted by Gasteiger charge is -2.26. The van der Waals surface area contributed by atoms with E-state index in [1.165, 1.54) is 16.7 Å². The predicted octanol–water partition coefficient (Wildman–Crippen LogP) is 5.10. The Balaban J connectivity index is 1.59. The van der Waals surface area contributed by atoms with Crippen molar-refractivity contribution in [2.75, 3.05) is 19.6 Å². The fraction of sp³-hybridized carbons (Fsp3) is 0.222. The normalized spacial score (nSPS) is 18.1. The van der Waals surface area contributed by atoms with Crippen LogP contribution in [-0.2, 0) is 14.8 Å². The Morgan fingerprint density at radius 1 is 1.05 bits per heavy atom. The maximum absolute atomic E-state index is 13.4. The SMILES string of the molecule is C=CCN1C(=O)/C(=C/c2cn(-c3ccccc3)nc2-c2cccc(S(=O)(=O)N3CCCCC3)c2)SC1=S. The molecule has 2 aliphatic rings. The van der Waals surface area contributed by atoms with Gasteiger partial charge < -0.3 is 0 Å². The van der Waals surface area contributed by atoms with Gasteiger partial charge in [-0.05, 0) is 43.2 Å². The average molecular weight is 551 g/mol. The largest absolute Gasteiger partial charge is 0.289 e. The number of amides is 1. The number of carbonyl (C=O) groups is 1. The van der Waals surface area contributed by atoms with E-state index in [-0.39, 0.29) is 10.8 Å². The number of para-hydroxylation sites is 1. The summed E-state index contributed by atoms with van der Waals surface area (Å²) in [6, 6.07) is 16.5. The van der Waals surface area contributed by atoms with Gasteiger partial charge in [-0.1, -0.05) is 66.8 Å². The van der Waals surface area contributed by atoms with Crippen LogP contribution in [0.2, 0.25) is 0 Å². The molecule has 0 bridgehead atoms. The zero-order chi connectivity index (χ0) is 26.0.